The standard InChI is InChI=1S/C24H37N5O2S/c1-2-3-4-5-6-7-8-9-10-11-22(30)28-18-16-27(17-19-28)20-29-24(32)31-23(26-29)21-12-14-25-15-13-21/h12-15H,2-11,16-20H2,1H3. The number of unbranched alkanes of at least 4 members (excludes halogenated alkanes) is 8. The number of carbonyl (C=O) groups excluding carboxylic acids is 1. The molecule has 2 aromatic rings. The summed E-state index contributed by atoms with van der Waals surface area (Å²) in [6.07, 6.45) is 15.6. The first-order valence-electron chi connectivity index (χ1n) is 12.2. The first-order valence-corrected chi connectivity index (χ1v) is 12.6. The second-order valence-corrected chi connectivity index (χ2v) is 8.98. The summed E-state index contributed by atoms with van der Waals surface area (Å²) in [5.41, 5.74) is 0.858. The monoisotopic (exact) mass is 459 g/mol. The Bertz CT molecular complexity index is 859. The number of nitrogens with zero attached hydrogens (tertiary/aromatic N) is 5. The molecule has 176 valence electrons. The lowest BCUT2D eigenvalue weighted by Crippen LogP contribution is -2.49. The second-order valence-electron chi connectivity index (χ2n) is 8.63. The van der Waals surface area contributed by atoms with Crippen LogP contribution in [0, 0.1) is 4.84 Å². The van der Waals surface area contributed by atoms with E-state index in [4.69, 9.17) is 16.6 Å². The molecular formula is C24H37N5O2S. The van der Waals surface area contributed by atoms with Gasteiger partial charge in [0.25, 0.3) is 4.84 Å². The van der Waals surface area contributed by atoms with Crippen molar-refractivity contribution < 1.29 is 9.21 Å². The number of aromatic nitrogens is 3. The van der Waals surface area contributed by atoms with Gasteiger partial charge in [0.2, 0.25) is 11.8 Å². The topological polar surface area (TPSA) is 67.4 Å². The molecule has 1 aliphatic rings. The molecule has 7 nitrogen and oxygen atoms in total. The van der Waals surface area contributed by atoms with Crippen molar-refractivity contribution in [3.8, 4) is 11.5 Å². The molecule has 1 saturated heterocycles. The summed E-state index contributed by atoms with van der Waals surface area (Å²) in [5.74, 6) is 0.804. The van der Waals surface area contributed by atoms with Gasteiger partial charge in [0.15, 0.2) is 0 Å². The van der Waals surface area contributed by atoms with Gasteiger partial charge >= 0.3 is 0 Å². The predicted octanol–water partition coefficient (Wildman–Crippen LogP) is 5.29. The first kappa shape index (κ1) is 24.6. The number of carbonyl (C=O) groups is 1. The van der Waals surface area contributed by atoms with Crippen molar-refractivity contribution in [2.45, 2.75) is 77.8 Å². The predicted molar refractivity (Wildman–Crippen MR) is 129 cm³/mol. The summed E-state index contributed by atoms with van der Waals surface area (Å²) in [6, 6.07) is 3.70. The highest BCUT2D eigenvalue weighted by Gasteiger charge is 2.21. The van der Waals surface area contributed by atoms with Crippen LogP contribution in [-0.2, 0) is 11.5 Å². The maximum atomic E-state index is 12.5. The highest BCUT2D eigenvalue weighted by Crippen LogP contribution is 2.17. The van der Waals surface area contributed by atoms with Crippen molar-refractivity contribution >= 4 is 18.1 Å². The molecule has 32 heavy (non-hydrogen) atoms. The van der Waals surface area contributed by atoms with Crippen molar-refractivity contribution in [3.05, 3.63) is 29.4 Å². The Balaban J connectivity index is 1.32. The van der Waals surface area contributed by atoms with Gasteiger partial charge in [-0.15, -0.1) is 5.10 Å². The average Bonchev–Trinajstić information content (AvgIpc) is 3.19. The van der Waals surface area contributed by atoms with Crippen LogP contribution in [0.5, 0.6) is 0 Å². The molecule has 0 radical (unpaired) electrons. The maximum absolute atomic E-state index is 12.5. The van der Waals surface area contributed by atoms with Crippen molar-refractivity contribution in [1.82, 2.24) is 24.6 Å². The van der Waals surface area contributed by atoms with Crippen LogP contribution in [0.25, 0.3) is 11.5 Å². The minimum Gasteiger partial charge on any atom is -0.409 e. The first-order chi connectivity index (χ1) is 15.7. The summed E-state index contributed by atoms with van der Waals surface area (Å²) in [4.78, 5) is 21.2. The van der Waals surface area contributed by atoms with Crippen LogP contribution in [0.2, 0.25) is 0 Å². The fraction of sp³-hybridized carbons (Fsp3) is 0.667. The number of amides is 1. The molecule has 8 heteroatoms. The summed E-state index contributed by atoms with van der Waals surface area (Å²) < 4.78 is 7.36. The molecular weight excluding hydrogens is 422 g/mol. The molecule has 1 aliphatic heterocycles. The Kier molecular flexibility index (Phi) is 10.4. The highest BCUT2D eigenvalue weighted by atomic mass is 32.1. The van der Waals surface area contributed by atoms with Crippen molar-refractivity contribution in [3.63, 3.8) is 0 Å². The van der Waals surface area contributed by atoms with Gasteiger partial charge in [-0.2, -0.15) is 0 Å². The summed E-state index contributed by atoms with van der Waals surface area (Å²) in [6.45, 7) is 6.00. The Labute approximate surface area is 196 Å². The Hall–Kier alpha value is -2.06. The van der Waals surface area contributed by atoms with Gasteiger partial charge < -0.3 is 9.32 Å². The zero-order valence-electron chi connectivity index (χ0n) is 19.4. The molecule has 0 aliphatic carbocycles. The van der Waals surface area contributed by atoms with Gasteiger partial charge in [-0.3, -0.25) is 14.7 Å². The zero-order valence-corrected chi connectivity index (χ0v) is 20.2. The molecule has 0 bridgehead atoms. The Morgan fingerprint density at radius 1 is 0.969 bits per heavy atom. The fourth-order valence-corrected chi connectivity index (χ4v) is 4.26. The molecule has 3 rings (SSSR count). The van der Waals surface area contributed by atoms with Crippen LogP contribution in [0.4, 0.5) is 0 Å². The minimum atomic E-state index is 0.297. The third-order valence-corrected chi connectivity index (χ3v) is 6.38. The van der Waals surface area contributed by atoms with Gasteiger partial charge in [0.1, 0.15) is 0 Å². The maximum Gasteiger partial charge on any atom is 0.288 e. The molecule has 0 saturated carbocycles. The SMILES string of the molecule is CCCCCCCCCCCC(=O)N1CCN(Cn2nc(-c3ccncc3)oc2=S)CC1. The minimum absolute atomic E-state index is 0.297. The fourth-order valence-electron chi connectivity index (χ4n) is 4.08. The lowest BCUT2D eigenvalue weighted by molar-refractivity contribution is -0.133. The summed E-state index contributed by atoms with van der Waals surface area (Å²) in [7, 11) is 0. The van der Waals surface area contributed by atoms with E-state index < -0.39 is 0 Å². The molecule has 3 heterocycles. The number of hydrogen-bond acceptors (Lipinski definition) is 6. The van der Waals surface area contributed by atoms with Gasteiger partial charge in [0, 0.05) is 50.6 Å². The largest absolute Gasteiger partial charge is 0.409 e. The quantitative estimate of drug-likeness (QED) is 0.299. The summed E-state index contributed by atoms with van der Waals surface area (Å²) in [5, 5.41) is 4.51. The van der Waals surface area contributed by atoms with E-state index in [1.165, 1.54) is 51.4 Å². The zero-order chi connectivity index (χ0) is 22.6. The smallest absolute Gasteiger partial charge is 0.288 e. The van der Waals surface area contributed by atoms with E-state index in [0.717, 1.165) is 38.2 Å². The van der Waals surface area contributed by atoms with Crippen LogP contribution in [0.3, 0.4) is 0 Å². The van der Waals surface area contributed by atoms with E-state index in [0.29, 0.717) is 29.7 Å². The Morgan fingerprint density at radius 3 is 2.25 bits per heavy atom. The molecule has 0 spiro atoms. The third-order valence-electron chi connectivity index (χ3n) is 6.09. The van der Waals surface area contributed by atoms with E-state index in [1.54, 1.807) is 17.1 Å². The molecule has 0 aromatic carbocycles. The molecule has 2 aromatic heterocycles. The number of pyridine rings is 1. The molecule has 1 fully saturated rings. The van der Waals surface area contributed by atoms with E-state index in [9.17, 15) is 4.79 Å². The number of hydrogen-bond donors (Lipinski definition) is 0. The third kappa shape index (κ3) is 7.81. The van der Waals surface area contributed by atoms with Crippen molar-refractivity contribution in [1.29, 1.82) is 0 Å². The van der Waals surface area contributed by atoms with Gasteiger partial charge in [-0.1, -0.05) is 58.3 Å². The summed E-state index contributed by atoms with van der Waals surface area (Å²) >= 11 is 5.34. The van der Waals surface area contributed by atoms with Crippen LogP contribution in [0.15, 0.2) is 28.9 Å². The Morgan fingerprint density at radius 2 is 1.59 bits per heavy atom. The molecule has 1 amide bonds. The number of piperazine rings is 1. The van der Waals surface area contributed by atoms with Crippen LogP contribution in [-0.4, -0.2) is 56.7 Å². The van der Waals surface area contributed by atoms with E-state index >= 15 is 0 Å². The van der Waals surface area contributed by atoms with Crippen LogP contribution in [0.1, 0.15) is 71.1 Å². The van der Waals surface area contributed by atoms with Crippen LogP contribution < -0.4 is 0 Å². The lowest BCUT2D eigenvalue weighted by Gasteiger charge is -2.34. The molecule has 0 unspecified atom stereocenters. The van der Waals surface area contributed by atoms with E-state index in [-0.39, 0.29) is 0 Å². The number of rotatable bonds is 13. The van der Waals surface area contributed by atoms with Crippen LogP contribution >= 0.6 is 12.2 Å². The second kappa shape index (κ2) is 13.5. The lowest BCUT2D eigenvalue weighted by atomic mass is 10.1. The van der Waals surface area contributed by atoms with E-state index in [1.807, 2.05) is 17.0 Å². The molecule has 0 N–H and O–H groups in total. The van der Waals surface area contributed by atoms with Gasteiger partial charge in [-0.25, -0.2) is 4.68 Å². The van der Waals surface area contributed by atoms with Crippen molar-refractivity contribution in [2.24, 2.45) is 0 Å². The van der Waals surface area contributed by atoms with Gasteiger partial charge in [0.05, 0.1) is 6.67 Å². The van der Waals surface area contributed by atoms with E-state index in [2.05, 4.69) is 21.9 Å². The average molecular weight is 460 g/mol. The highest BCUT2D eigenvalue weighted by molar-refractivity contribution is 7.71. The van der Waals surface area contributed by atoms with Crippen molar-refractivity contribution in [2.75, 3.05) is 26.2 Å². The molecule has 0 atom stereocenters. The van der Waals surface area contributed by atoms with Gasteiger partial charge in [-0.05, 0) is 30.8 Å². The normalized spacial score (nSPS) is 14.7.